The lowest BCUT2D eigenvalue weighted by Crippen LogP contribution is -2.53. The van der Waals surface area contributed by atoms with Crippen LogP contribution in [-0.2, 0) is 9.59 Å². The van der Waals surface area contributed by atoms with Crippen LogP contribution in [0, 0.1) is 23.2 Å². The Morgan fingerprint density at radius 2 is 1.66 bits per heavy atom. The molecule has 6 nitrogen and oxygen atoms in total. The van der Waals surface area contributed by atoms with Crippen LogP contribution in [0.3, 0.4) is 0 Å². The van der Waals surface area contributed by atoms with Gasteiger partial charge in [-0.15, -0.1) is 10.2 Å². The van der Waals surface area contributed by atoms with Crippen LogP contribution in [0.15, 0.2) is 30.3 Å². The molecule has 0 saturated heterocycles. The molecule has 4 bridgehead atoms. The third-order valence-electron chi connectivity index (χ3n) is 6.85. The summed E-state index contributed by atoms with van der Waals surface area (Å²) in [5.41, 5.74) is 0.822. The zero-order chi connectivity index (χ0) is 19.8. The first-order valence-corrected chi connectivity index (χ1v) is 11.4. The number of carbonyl (C=O) groups is 2. The minimum atomic E-state index is -0.158. The molecule has 0 radical (unpaired) electrons. The molecule has 1 heterocycles. The standard InChI is InChI=1S/C22H26N4O2S/c27-18(24-21-26-25-19(29-21)17-4-2-1-3-5-17)6-7-23-20(28)22-11-14-8-15(12-22)10-16(9-14)13-22/h1-5,14-16H,6-13H2,(H,23,28)(H,24,26,27). The number of rotatable bonds is 6. The topological polar surface area (TPSA) is 84.0 Å². The van der Waals surface area contributed by atoms with Gasteiger partial charge in [0.25, 0.3) is 0 Å². The first-order valence-electron chi connectivity index (χ1n) is 10.6. The minimum absolute atomic E-state index is 0.147. The van der Waals surface area contributed by atoms with E-state index in [9.17, 15) is 9.59 Å². The summed E-state index contributed by atoms with van der Waals surface area (Å²) in [6.45, 7) is 0.372. The van der Waals surface area contributed by atoms with Crippen molar-refractivity contribution in [2.45, 2.75) is 44.9 Å². The molecule has 4 aliphatic rings. The van der Waals surface area contributed by atoms with Gasteiger partial charge in [0, 0.05) is 23.9 Å². The lowest BCUT2D eigenvalue weighted by Gasteiger charge is -2.55. The summed E-state index contributed by atoms with van der Waals surface area (Å²) in [7, 11) is 0. The summed E-state index contributed by atoms with van der Waals surface area (Å²) in [6.07, 6.45) is 7.35. The molecule has 2 N–H and O–H groups in total. The lowest BCUT2D eigenvalue weighted by atomic mass is 9.49. The second-order valence-corrected chi connectivity index (χ2v) is 10.0. The smallest absolute Gasteiger partial charge is 0.227 e. The van der Waals surface area contributed by atoms with Crippen molar-refractivity contribution in [1.82, 2.24) is 15.5 Å². The van der Waals surface area contributed by atoms with E-state index in [1.165, 1.54) is 30.6 Å². The molecule has 1 aromatic carbocycles. The van der Waals surface area contributed by atoms with E-state index in [1.54, 1.807) is 0 Å². The molecule has 0 aliphatic heterocycles. The zero-order valence-electron chi connectivity index (χ0n) is 16.4. The average Bonchev–Trinajstić information content (AvgIpc) is 3.16. The van der Waals surface area contributed by atoms with Crippen molar-refractivity contribution in [3.8, 4) is 10.6 Å². The molecule has 2 aromatic rings. The zero-order valence-corrected chi connectivity index (χ0v) is 17.2. The number of benzene rings is 1. The maximum atomic E-state index is 12.9. The molecule has 6 rings (SSSR count). The van der Waals surface area contributed by atoms with Crippen molar-refractivity contribution in [2.24, 2.45) is 23.2 Å². The molecule has 1 aromatic heterocycles. The van der Waals surface area contributed by atoms with Gasteiger partial charge in [0.1, 0.15) is 5.01 Å². The molecule has 0 unspecified atom stereocenters. The van der Waals surface area contributed by atoms with Crippen LogP contribution in [0.1, 0.15) is 44.9 Å². The monoisotopic (exact) mass is 410 g/mol. The maximum absolute atomic E-state index is 12.9. The fourth-order valence-electron chi connectivity index (χ4n) is 6.02. The SMILES string of the molecule is O=C(CCNC(=O)C12CC3CC(CC(C3)C1)C2)Nc1nnc(-c2ccccc2)s1. The summed E-state index contributed by atoms with van der Waals surface area (Å²) in [6, 6.07) is 9.77. The highest BCUT2D eigenvalue weighted by Gasteiger charge is 2.54. The summed E-state index contributed by atoms with van der Waals surface area (Å²) < 4.78 is 0. The minimum Gasteiger partial charge on any atom is -0.355 e. The summed E-state index contributed by atoms with van der Waals surface area (Å²) >= 11 is 1.35. The predicted octanol–water partition coefficient (Wildman–Crippen LogP) is 3.87. The third kappa shape index (κ3) is 3.80. The van der Waals surface area contributed by atoms with Crippen molar-refractivity contribution < 1.29 is 9.59 Å². The molecule has 2 amide bonds. The molecule has 4 aliphatic carbocycles. The largest absolute Gasteiger partial charge is 0.355 e. The Hall–Kier alpha value is -2.28. The summed E-state index contributed by atoms with van der Waals surface area (Å²) in [5.74, 6) is 2.25. The van der Waals surface area contributed by atoms with Gasteiger partial charge in [-0.1, -0.05) is 41.7 Å². The van der Waals surface area contributed by atoms with Crippen molar-refractivity contribution in [3.63, 3.8) is 0 Å². The van der Waals surface area contributed by atoms with Crippen LogP contribution < -0.4 is 10.6 Å². The van der Waals surface area contributed by atoms with E-state index >= 15 is 0 Å². The molecule has 4 fully saturated rings. The Labute approximate surface area is 174 Å². The molecule has 7 heteroatoms. The van der Waals surface area contributed by atoms with E-state index in [-0.39, 0.29) is 23.7 Å². The molecule has 0 spiro atoms. The Kier molecular flexibility index (Phi) is 4.86. The molecule has 29 heavy (non-hydrogen) atoms. The highest BCUT2D eigenvalue weighted by Crippen LogP contribution is 2.60. The van der Waals surface area contributed by atoms with Crippen molar-refractivity contribution in [1.29, 1.82) is 0 Å². The lowest BCUT2D eigenvalue weighted by molar-refractivity contribution is -0.146. The maximum Gasteiger partial charge on any atom is 0.227 e. The van der Waals surface area contributed by atoms with Crippen LogP contribution in [-0.4, -0.2) is 28.6 Å². The van der Waals surface area contributed by atoms with Gasteiger partial charge in [0.05, 0.1) is 0 Å². The van der Waals surface area contributed by atoms with E-state index in [2.05, 4.69) is 20.8 Å². The number of anilines is 1. The van der Waals surface area contributed by atoms with Gasteiger partial charge in [-0.3, -0.25) is 9.59 Å². The van der Waals surface area contributed by atoms with E-state index in [0.29, 0.717) is 11.7 Å². The van der Waals surface area contributed by atoms with Crippen LogP contribution in [0.2, 0.25) is 0 Å². The molecule has 4 saturated carbocycles. The van der Waals surface area contributed by atoms with E-state index < -0.39 is 0 Å². The second-order valence-electron chi connectivity index (χ2n) is 9.03. The normalized spacial score (nSPS) is 29.6. The van der Waals surface area contributed by atoms with E-state index in [0.717, 1.165) is 47.6 Å². The average molecular weight is 411 g/mol. The highest BCUT2D eigenvalue weighted by atomic mass is 32.1. The molecular weight excluding hydrogens is 384 g/mol. The number of aromatic nitrogens is 2. The van der Waals surface area contributed by atoms with Crippen LogP contribution in [0.25, 0.3) is 10.6 Å². The van der Waals surface area contributed by atoms with E-state index in [4.69, 9.17) is 0 Å². The van der Waals surface area contributed by atoms with Crippen LogP contribution >= 0.6 is 11.3 Å². The Morgan fingerprint density at radius 3 is 2.31 bits per heavy atom. The number of amides is 2. The van der Waals surface area contributed by atoms with Gasteiger partial charge in [-0.25, -0.2) is 0 Å². The molecular formula is C22H26N4O2S. The van der Waals surface area contributed by atoms with Gasteiger partial charge < -0.3 is 10.6 Å². The predicted molar refractivity (Wildman–Crippen MR) is 112 cm³/mol. The fourth-order valence-corrected chi connectivity index (χ4v) is 6.78. The van der Waals surface area contributed by atoms with Crippen LogP contribution in [0.4, 0.5) is 5.13 Å². The van der Waals surface area contributed by atoms with Gasteiger partial charge >= 0.3 is 0 Å². The number of nitrogens with zero attached hydrogens (tertiary/aromatic N) is 2. The van der Waals surface area contributed by atoms with Crippen LogP contribution in [0.5, 0.6) is 0 Å². The second kappa shape index (κ2) is 7.52. The Bertz CT molecular complexity index is 875. The number of hydrogen-bond donors (Lipinski definition) is 2. The van der Waals surface area contributed by atoms with Crippen molar-refractivity contribution in [2.75, 3.05) is 11.9 Å². The number of carbonyl (C=O) groups excluding carboxylic acids is 2. The summed E-state index contributed by atoms with van der Waals surface area (Å²) in [4.78, 5) is 25.2. The van der Waals surface area contributed by atoms with Gasteiger partial charge in [0.15, 0.2) is 0 Å². The highest BCUT2D eigenvalue weighted by molar-refractivity contribution is 7.18. The fraction of sp³-hybridized carbons (Fsp3) is 0.545. The number of hydrogen-bond acceptors (Lipinski definition) is 5. The van der Waals surface area contributed by atoms with Gasteiger partial charge in [0.2, 0.25) is 16.9 Å². The van der Waals surface area contributed by atoms with Gasteiger partial charge in [-0.2, -0.15) is 0 Å². The van der Waals surface area contributed by atoms with Gasteiger partial charge in [-0.05, 0) is 56.3 Å². The Balaban J connectivity index is 1.11. The summed E-state index contributed by atoms with van der Waals surface area (Å²) in [5, 5.41) is 15.3. The Morgan fingerprint density at radius 1 is 1.00 bits per heavy atom. The first-order chi connectivity index (χ1) is 14.1. The molecule has 0 atom stereocenters. The van der Waals surface area contributed by atoms with Crippen molar-refractivity contribution in [3.05, 3.63) is 30.3 Å². The molecule has 152 valence electrons. The quantitative estimate of drug-likeness (QED) is 0.757. The third-order valence-corrected chi connectivity index (χ3v) is 7.74. The number of nitrogens with one attached hydrogen (secondary N) is 2. The van der Waals surface area contributed by atoms with E-state index in [1.807, 2.05) is 30.3 Å². The first kappa shape index (κ1) is 18.7. The van der Waals surface area contributed by atoms with Crippen molar-refractivity contribution >= 4 is 28.3 Å².